The topological polar surface area (TPSA) is 90.2 Å². The third-order valence-electron chi connectivity index (χ3n) is 4.74. The number of nitrogens with zero attached hydrogens (tertiary/aromatic N) is 7. The summed E-state index contributed by atoms with van der Waals surface area (Å²) in [5, 5.41) is 0. The van der Waals surface area contributed by atoms with Gasteiger partial charge in [0.2, 0.25) is 0 Å². The minimum Gasteiger partial charge on any atom is -0.265 e. The second kappa shape index (κ2) is 8.16. The van der Waals surface area contributed by atoms with Crippen LogP contribution in [0.15, 0.2) is 85.7 Å². The molecule has 0 saturated heterocycles. The Hall–Kier alpha value is -4.39. The summed E-state index contributed by atoms with van der Waals surface area (Å²) in [6.45, 7) is 1.85. The smallest absolute Gasteiger partial charge is 0.165 e. The fourth-order valence-electron chi connectivity index (χ4n) is 3.18. The van der Waals surface area contributed by atoms with E-state index in [0.717, 1.165) is 33.6 Å². The summed E-state index contributed by atoms with van der Waals surface area (Å²) in [7, 11) is 0. The summed E-state index contributed by atoms with van der Waals surface area (Å²) < 4.78 is 0. The van der Waals surface area contributed by atoms with E-state index in [-0.39, 0.29) is 0 Å². The molecule has 0 atom stereocenters. The Morgan fingerprint density at radius 3 is 1.32 bits per heavy atom. The molecule has 0 N–H and O–H groups in total. The first kappa shape index (κ1) is 18.6. The molecule has 0 aliphatic heterocycles. The van der Waals surface area contributed by atoms with E-state index >= 15 is 0 Å². The van der Waals surface area contributed by atoms with Gasteiger partial charge in [-0.2, -0.15) is 0 Å². The molecule has 0 fully saturated rings. The number of pyridine rings is 4. The average Bonchev–Trinajstić information content (AvgIpc) is 2.85. The highest BCUT2D eigenvalue weighted by Crippen LogP contribution is 2.23. The molecule has 5 aromatic heterocycles. The van der Waals surface area contributed by atoms with Gasteiger partial charge in [-0.25, -0.2) is 15.0 Å². The van der Waals surface area contributed by atoms with Gasteiger partial charge in [0, 0.05) is 59.4 Å². The van der Waals surface area contributed by atoms with Crippen molar-refractivity contribution in [1.82, 2.24) is 34.9 Å². The van der Waals surface area contributed by atoms with Crippen LogP contribution >= 0.6 is 0 Å². The number of hydrogen-bond acceptors (Lipinski definition) is 7. The van der Waals surface area contributed by atoms with Crippen molar-refractivity contribution in [2.24, 2.45) is 0 Å². The number of aromatic nitrogens is 7. The molecular weight excluding hydrogens is 386 g/mol. The Kier molecular flexibility index (Phi) is 4.90. The van der Waals surface area contributed by atoms with Crippen LogP contribution in [0, 0.1) is 6.92 Å². The van der Waals surface area contributed by atoms with E-state index in [9.17, 15) is 0 Å². The highest BCUT2D eigenvalue weighted by Gasteiger charge is 2.10. The van der Waals surface area contributed by atoms with E-state index in [2.05, 4.69) is 34.9 Å². The third kappa shape index (κ3) is 4.02. The van der Waals surface area contributed by atoms with Crippen LogP contribution in [-0.2, 0) is 0 Å². The molecule has 5 rings (SSSR count). The van der Waals surface area contributed by atoms with Crippen LogP contribution in [0.5, 0.6) is 0 Å². The lowest BCUT2D eigenvalue weighted by molar-refractivity contribution is 0.988. The van der Waals surface area contributed by atoms with E-state index in [0.29, 0.717) is 17.5 Å². The maximum absolute atomic E-state index is 4.66. The average molecular weight is 403 g/mol. The molecular formula is C24H17N7. The van der Waals surface area contributed by atoms with Crippen molar-refractivity contribution >= 4 is 0 Å². The molecule has 0 unspecified atom stereocenters. The van der Waals surface area contributed by atoms with Crippen molar-refractivity contribution in [2.75, 3.05) is 0 Å². The van der Waals surface area contributed by atoms with Crippen LogP contribution in [-0.4, -0.2) is 34.9 Å². The first-order chi connectivity index (χ1) is 15.3. The Bertz CT molecular complexity index is 1200. The molecule has 0 amide bonds. The van der Waals surface area contributed by atoms with Gasteiger partial charge in [0.15, 0.2) is 11.6 Å². The molecule has 148 valence electrons. The van der Waals surface area contributed by atoms with E-state index in [4.69, 9.17) is 0 Å². The Labute approximate surface area is 179 Å². The van der Waals surface area contributed by atoms with Gasteiger partial charge in [-0.15, -0.1) is 0 Å². The first-order valence-corrected chi connectivity index (χ1v) is 9.72. The molecule has 0 bridgehead atoms. The lowest BCUT2D eigenvalue weighted by Gasteiger charge is -2.07. The summed E-state index contributed by atoms with van der Waals surface area (Å²) >= 11 is 0. The molecule has 7 heteroatoms. The third-order valence-corrected chi connectivity index (χ3v) is 4.74. The lowest BCUT2D eigenvalue weighted by Crippen LogP contribution is -2.00. The molecule has 5 heterocycles. The van der Waals surface area contributed by atoms with Crippen molar-refractivity contribution in [2.45, 2.75) is 6.92 Å². The van der Waals surface area contributed by atoms with Gasteiger partial charge in [0.25, 0.3) is 0 Å². The number of hydrogen-bond donors (Lipinski definition) is 0. The fourth-order valence-corrected chi connectivity index (χ4v) is 3.18. The summed E-state index contributed by atoms with van der Waals surface area (Å²) in [6, 6.07) is 15.5. The van der Waals surface area contributed by atoms with E-state index in [1.54, 1.807) is 37.2 Å². The Morgan fingerprint density at radius 2 is 0.935 bits per heavy atom. The first-order valence-electron chi connectivity index (χ1n) is 9.72. The van der Waals surface area contributed by atoms with Gasteiger partial charge in [0.1, 0.15) is 5.82 Å². The quantitative estimate of drug-likeness (QED) is 0.438. The monoisotopic (exact) mass is 403 g/mol. The van der Waals surface area contributed by atoms with Gasteiger partial charge < -0.3 is 0 Å². The zero-order chi connectivity index (χ0) is 21.0. The minimum absolute atomic E-state index is 0.578. The maximum Gasteiger partial charge on any atom is 0.165 e. The van der Waals surface area contributed by atoms with E-state index in [1.807, 2.05) is 55.5 Å². The van der Waals surface area contributed by atoms with E-state index in [1.165, 1.54) is 0 Å². The van der Waals surface area contributed by atoms with Crippen LogP contribution in [0.4, 0.5) is 0 Å². The highest BCUT2D eigenvalue weighted by atomic mass is 15.0. The van der Waals surface area contributed by atoms with Gasteiger partial charge in [-0.1, -0.05) is 0 Å². The number of aryl methyl sites for hydroxylation is 1. The standard InChI is InChI=1S/C24H17N7/c1-16-29-23(19-2-4-21(27-14-19)17-6-10-25-11-7-17)31-24(30-16)20-3-5-22(28-15-20)18-8-12-26-13-9-18/h2-15H,1H3. The fraction of sp³-hybridized carbons (Fsp3) is 0.0417. The van der Waals surface area contributed by atoms with Crippen molar-refractivity contribution in [3.05, 3.63) is 91.5 Å². The molecule has 31 heavy (non-hydrogen) atoms. The Morgan fingerprint density at radius 1 is 0.484 bits per heavy atom. The minimum atomic E-state index is 0.578. The van der Waals surface area contributed by atoms with Gasteiger partial charge in [-0.3, -0.25) is 19.9 Å². The van der Waals surface area contributed by atoms with Crippen molar-refractivity contribution in [3.63, 3.8) is 0 Å². The van der Waals surface area contributed by atoms with Crippen molar-refractivity contribution < 1.29 is 0 Å². The van der Waals surface area contributed by atoms with Gasteiger partial charge in [0.05, 0.1) is 11.4 Å². The van der Waals surface area contributed by atoms with Crippen molar-refractivity contribution in [3.8, 4) is 45.3 Å². The SMILES string of the molecule is Cc1nc(-c2ccc(-c3ccncc3)nc2)nc(-c2ccc(-c3ccncc3)nc2)n1. The molecule has 7 nitrogen and oxygen atoms in total. The molecule has 0 aliphatic rings. The molecule has 0 spiro atoms. The molecule has 0 aromatic carbocycles. The summed E-state index contributed by atoms with van der Waals surface area (Å²) in [6.07, 6.45) is 10.6. The molecule has 0 saturated carbocycles. The van der Waals surface area contributed by atoms with Crippen molar-refractivity contribution in [1.29, 1.82) is 0 Å². The predicted octanol–water partition coefficient (Wildman–Crippen LogP) is 4.43. The van der Waals surface area contributed by atoms with Crippen LogP contribution in [0.3, 0.4) is 0 Å². The number of rotatable bonds is 4. The maximum atomic E-state index is 4.66. The molecule has 0 radical (unpaired) electrons. The largest absolute Gasteiger partial charge is 0.265 e. The summed E-state index contributed by atoms with van der Waals surface area (Å²) in [4.78, 5) is 30.9. The van der Waals surface area contributed by atoms with E-state index < -0.39 is 0 Å². The summed E-state index contributed by atoms with van der Waals surface area (Å²) in [5.74, 6) is 1.79. The molecule has 0 aliphatic carbocycles. The highest BCUT2D eigenvalue weighted by molar-refractivity contribution is 5.66. The van der Waals surface area contributed by atoms with Crippen LogP contribution in [0.25, 0.3) is 45.3 Å². The Balaban J connectivity index is 1.45. The summed E-state index contributed by atoms with van der Waals surface area (Å²) in [5.41, 5.74) is 5.40. The normalized spacial score (nSPS) is 10.7. The van der Waals surface area contributed by atoms with Crippen LogP contribution < -0.4 is 0 Å². The van der Waals surface area contributed by atoms with Crippen LogP contribution in [0.2, 0.25) is 0 Å². The zero-order valence-corrected chi connectivity index (χ0v) is 16.7. The van der Waals surface area contributed by atoms with Gasteiger partial charge in [-0.05, 0) is 55.5 Å². The lowest BCUT2D eigenvalue weighted by atomic mass is 10.1. The van der Waals surface area contributed by atoms with Crippen LogP contribution in [0.1, 0.15) is 5.82 Å². The van der Waals surface area contributed by atoms with Gasteiger partial charge >= 0.3 is 0 Å². The second-order valence-corrected chi connectivity index (χ2v) is 6.87. The molecule has 5 aromatic rings. The predicted molar refractivity (Wildman–Crippen MR) is 117 cm³/mol. The second-order valence-electron chi connectivity index (χ2n) is 6.87. The zero-order valence-electron chi connectivity index (χ0n) is 16.7.